The lowest BCUT2D eigenvalue weighted by Crippen LogP contribution is -2.50. The van der Waals surface area contributed by atoms with Crippen molar-refractivity contribution in [2.45, 2.75) is 25.3 Å². The second-order valence-electron chi connectivity index (χ2n) is 3.10. The van der Waals surface area contributed by atoms with Crippen LogP contribution in [0.25, 0.3) is 0 Å². The molecule has 0 bridgehead atoms. The van der Waals surface area contributed by atoms with Crippen molar-refractivity contribution in [3.63, 3.8) is 0 Å². The number of thioether (sulfide) groups is 1. The van der Waals surface area contributed by atoms with Crippen molar-refractivity contribution in [1.82, 2.24) is 5.32 Å². The molecule has 2 atom stereocenters. The summed E-state index contributed by atoms with van der Waals surface area (Å²) in [6.45, 7) is 1.50. The van der Waals surface area contributed by atoms with Gasteiger partial charge in [0, 0.05) is 0 Å². The highest BCUT2D eigenvalue weighted by Crippen LogP contribution is 1.99. The molecule has 0 spiro atoms. The third kappa shape index (κ3) is 5.49. The molecule has 0 unspecified atom stereocenters. The zero-order valence-electron chi connectivity index (χ0n) is 8.43. The van der Waals surface area contributed by atoms with Gasteiger partial charge in [0.15, 0.2) is 0 Å². The van der Waals surface area contributed by atoms with Gasteiger partial charge in [0.25, 0.3) is 0 Å². The monoisotopic (exact) mass is 220 g/mol. The van der Waals surface area contributed by atoms with Crippen molar-refractivity contribution < 1.29 is 14.8 Å². The summed E-state index contributed by atoms with van der Waals surface area (Å²) in [6, 6.07) is -0.580. The minimum Gasteiger partial charge on any atom is -0.426 e. The van der Waals surface area contributed by atoms with E-state index in [1.54, 1.807) is 11.8 Å². The topological polar surface area (TPSA) is 95.6 Å². The van der Waals surface area contributed by atoms with E-state index in [0.29, 0.717) is 6.42 Å². The van der Waals surface area contributed by atoms with Crippen LogP contribution in [0.1, 0.15) is 13.3 Å². The maximum atomic E-state index is 11.3. The largest absolute Gasteiger partial charge is 0.475 e. The Morgan fingerprint density at radius 3 is 2.64 bits per heavy atom. The van der Waals surface area contributed by atoms with Crippen LogP contribution in [0.15, 0.2) is 0 Å². The highest BCUT2D eigenvalue weighted by molar-refractivity contribution is 7.98. The van der Waals surface area contributed by atoms with Gasteiger partial charge in [-0.15, -0.1) is 0 Å². The molecule has 0 fully saturated rings. The van der Waals surface area contributed by atoms with Crippen molar-refractivity contribution in [2.75, 3.05) is 12.0 Å². The van der Waals surface area contributed by atoms with Crippen LogP contribution < -0.4 is 11.1 Å². The number of rotatable bonds is 6. The average Bonchev–Trinajstić information content (AvgIpc) is 2.13. The van der Waals surface area contributed by atoms with Gasteiger partial charge >= 0.3 is 7.12 Å². The quantitative estimate of drug-likeness (QED) is 0.412. The fourth-order valence-corrected chi connectivity index (χ4v) is 1.27. The van der Waals surface area contributed by atoms with E-state index >= 15 is 0 Å². The Labute approximate surface area is 88.6 Å². The number of amides is 1. The minimum atomic E-state index is -1.55. The van der Waals surface area contributed by atoms with E-state index in [2.05, 4.69) is 5.32 Å². The van der Waals surface area contributed by atoms with Gasteiger partial charge in [-0.1, -0.05) is 0 Å². The molecular formula is C7H17BN2O3S. The Morgan fingerprint density at radius 1 is 1.64 bits per heavy atom. The molecule has 0 aromatic rings. The first-order valence-electron chi connectivity index (χ1n) is 4.40. The van der Waals surface area contributed by atoms with Gasteiger partial charge in [0.05, 0.1) is 12.0 Å². The predicted molar refractivity (Wildman–Crippen MR) is 58.8 cm³/mol. The van der Waals surface area contributed by atoms with E-state index in [1.165, 1.54) is 6.92 Å². The molecule has 0 aliphatic carbocycles. The lowest BCUT2D eigenvalue weighted by atomic mass is 9.81. The number of carbonyl (C=O) groups is 1. The fourth-order valence-electron chi connectivity index (χ4n) is 0.782. The Hall–Kier alpha value is -0.235. The number of hydrogen-bond donors (Lipinski definition) is 4. The number of carbonyl (C=O) groups excluding carboxylic acids is 1. The van der Waals surface area contributed by atoms with Crippen LogP contribution in [0.2, 0.25) is 0 Å². The number of nitrogens with two attached hydrogens (primary N) is 1. The van der Waals surface area contributed by atoms with E-state index < -0.39 is 19.1 Å². The van der Waals surface area contributed by atoms with Crippen molar-refractivity contribution in [3.8, 4) is 0 Å². The molecule has 0 saturated carbocycles. The molecule has 7 heteroatoms. The minimum absolute atomic E-state index is 0.348. The van der Waals surface area contributed by atoms with Crippen LogP contribution in [0.4, 0.5) is 0 Å². The Kier molecular flexibility index (Phi) is 6.99. The van der Waals surface area contributed by atoms with E-state index in [0.717, 1.165) is 5.75 Å². The summed E-state index contributed by atoms with van der Waals surface area (Å²) in [6.07, 6.45) is 2.52. The molecule has 0 radical (unpaired) electrons. The normalized spacial score (nSPS) is 14.6. The molecular weight excluding hydrogens is 203 g/mol. The van der Waals surface area contributed by atoms with Crippen molar-refractivity contribution in [1.29, 1.82) is 0 Å². The Bertz CT molecular complexity index is 182. The SMILES string of the molecule is CSCC[C@H](N)C(=O)N[C@@H](C)B(O)O. The first-order valence-corrected chi connectivity index (χ1v) is 5.79. The van der Waals surface area contributed by atoms with Gasteiger partial charge < -0.3 is 21.1 Å². The molecule has 1 amide bonds. The standard InChI is InChI=1S/C7H17BN2O3S/c1-5(8(12)13)10-7(11)6(9)3-4-14-2/h5-6,12-13H,3-4,9H2,1-2H3,(H,10,11)/t5-,6-/m0/s1. The predicted octanol–water partition coefficient (Wildman–Crippen LogP) is -1.42. The lowest BCUT2D eigenvalue weighted by Gasteiger charge is -2.16. The van der Waals surface area contributed by atoms with Crippen LogP contribution in [0, 0.1) is 0 Å². The molecule has 14 heavy (non-hydrogen) atoms. The zero-order valence-corrected chi connectivity index (χ0v) is 9.25. The highest BCUT2D eigenvalue weighted by Gasteiger charge is 2.22. The van der Waals surface area contributed by atoms with Gasteiger partial charge in [-0.3, -0.25) is 4.79 Å². The average molecular weight is 220 g/mol. The number of nitrogens with one attached hydrogen (secondary N) is 1. The molecule has 82 valence electrons. The maximum absolute atomic E-state index is 11.3. The van der Waals surface area contributed by atoms with Gasteiger partial charge in [-0.2, -0.15) is 11.8 Å². The van der Waals surface area contributed by atoms with E-state index in [4.69, 9.17) is 15.8 Å². The summed E-state index contributed by atoms with van der Waals surface area (Å²) < 4.78 is 0. The lowest BCUT2D eigenvalue weighted by molar-refractivity contribution is -0.122. The number of hydrogen-bond acceptors (Lipinski definition) is 5. The van der Waals surface area contributed by atoms with E-state index in [1.807, 2.05) is 6.26 Å². The second-order valence-corrected chi connectivity index (χ2v) is 4.08. The van der Waals surface area contributed by atoms with Gasteiger partial charge in [0.1, 0.15) is 0 Å². The summed E-state index contributed by atoms with van der Waals surface area (Å²) in [5, 5.41) is 19.9. The zero-order chi connectivity index (χ0) is 11.1. The molecule has 0 aliphatic heterocycles. The molecule has 0 aromatic carbocycles. The first-order chi connectivity index (χ1) is 6.49. The van der Waals surface area contributed by atoms with E-state index in [-0.39, 0.29) is 5.91 Å². The fraction of sp³-hybridized carbons (Fsp3) is 0.857. The Morgan fingerprint density at radius 2 is 2.21 bits per heavy atom. The first kappa shape index (κ1) is 13.8. The Balaban J connectivity index is 3.82. The smallest absolute Gasteiger partial charge is 0.426 e. The van der Waals surface area contributed by atoms with Crippen LogP contribution in [0.3, 0.4) is 0 Å². The third-order valence-electron chi connectivity index (χ3n) is 1.79. The summed E-state index contributed by atoms with van der Waals surface area (Å²) in [7, 11) is -1.55. The highest BCUT2D eigenvalue weighted by atomic mass is 32.2. The van der Waals surface area contributed by atoms with Crippen LogP contribution in [-0.4, -0.2) is 47.1 Å². The summed E-state index contributed by atoms with van der Waals surface area (Å²) in [5.74, 6) is -0.229. The van der Waals surface area contributed by atoms with Gasteiger partial charge in [0.2, 0.25) is 5.91 Å². The molecule has 0 aromatic heterocycles. The van der Waals surface area contributed by atoms with Crippen LogP contribution >= 0.6 is 11.8 Å². The summed E-state index contributed by atoms with van der Waals surface area (Å²) in [5.41, 5.74) is 5.56. The van der Waals surface area contributed by atoms with Crippen molar-refractivity contribution in [3.05, 3.63) is 0 Å². The third-order valence-corrected chi connectivity index (χ3v) is 2.43. The van der Waals surface area contributed by atoms with Crippen molar-refractivity contribution >= 4 is 24.8 Å². The van der Waals surface area contributed by atoms with Crippen molar-refractivity contribution in [2.24, 2.45) is 5.73 Å². The second kappa shape index (κ2) is 7.11. The molecule has 5 nitrogen and oxygen atoms in total. The molecule has 0 saturated heterocycles. The molecule has 0 heterocycles. The summed E-state index contributed by atoms with van der Waals surface area (Å²) >= 11 is 1.61. The molecule has 0 rings (SSSR count). The van der Waals surface area contributed by atoms with Gasteiger partial charge in [-0.25, -0.2) is 0 Å². The maximum Gasteiger partial charge on any atom is 0.475 e. The van der Waals surface area contributed by atoms with E-state index in [9.17, 15) is 4.79 Å². The molecule has 0 aliphatic rings. The van der Waals surface area contributed by atoms with Crippen LogP contribution in [-0.2, 0) is 4.79 Å². The van der Waals surface area contributed by atoms with Crippen LogP contribution in [0.5, 0.6) is 0 Å². The molecule has 5 N–H and O–H groups in total. The van der Waals surface area contributed by atoms with Gasteiger partial charge in [-0.05, 0) is 25.4 Å². The summed E-state index contributed by atoms with van der Waals surface area (Å²) in [4.78, 5) is 11.3.